The molecule has 0 N–H and O–H groups in total. The van der Waals surface area contributed by atoms with Crippen LogP contribution in [0.3, 0.4) is 0 Å². The smallest absolute Gasteiger partial charge is 0.270 e. The van der Waals surface area contributed by atoms with Crippen LogP contribution in [-0.2, 0) is 0 Å². The average Bonchev–Trinajstić information content (AvgIpc) is 2.04. The molecule has 1 aromatic carbocycles. The molecular formula is C8H6INO3. The highest BCUT2D eigenvalue weighted by atomic mass is 127. The Bertz CT molecular complexity index is 376. The van der Waals surface area contributed by atoms with Gasteiger partial charge in [0.15, 0.2) is 5.78 Å². The van der Waals surface area contributed by atoms with Gasteiger partial charge in [-0.15, -0.1) is 0 Å². The van der Waals surface area contributed by atoms with E-state index >= 15 is 0 Å². The first-order chi connectivity index (χ1) is 6.02. The van der Waals surface area contributed by atoms with E-state index in [0.717, 1.165) is 3.57 Å². The van der Waals surface area contributed by atoms with Crippen molar-refractivity contribution in [3.63, 3.8) is 0 Å². The molecule has 0 unspecified atom stereocenters. The van der Waals surface area contributed by atoms with Crippen LogP contribution in [0.5, 0.6) is 0 Å². The molecule has 5 heteroatoms. The summed E-state index contributed by atoms with van der Waals surface area (Å²) in [6, 6.07) is 4.24. The van der Waals surface area contributed by atoms with Gasteiger partial charge in [0.25, 0.3) is 5.69 Å². The van der Waals surface area contributed by atoms with Gasteiger partial charge in [-0.05, 0) is 35.6 Å². The van der Waals surface area contributed by atoms with Crippen LogP contribution in [0.2, 0.25) is 0 Å². The fourth-order valence-electron chi connectivity index (χ4n) is 0.897. The summed E-state index contributed by atoms with van der Waals surface area (Å²) in [4.78, 5) is 20.9. The van der Waals surface area contributed by atoms with E-state index in [2.05, 4.69) is 0 Å². The highest BCUT2D eigenvalue weighted by Gasteiger charge is 2.11. The molecular weight excluding hydrogens is 285 g/mol. The van der Waals surface area contributed by atoms with Gasteiger partial charge in [0.05, 0.1) is 4.92 Å². The predicted octanol–water partition coefficient (Wildman–Crippen LogP) is 2.40. The Hall–Kier alpha value is -0.980. The Kier molecular flexibility index (Phi) is 2.97. The van der Waals surface area contributed by atoms with Crippen molar-refractivity contribution in [3.8, 4) is 0 Å². The zero-order valence-electron chi connectivity index (χ0n) is 6.78. The van der Waals surface area contributed by atoms with Crippen LogP contribution in [0.1, 0.15) is 17.3 Å². The molecule has 0 heterocycles. The molecule has 4 nitrogen and oxygen atoms in total. The molecule has 0 spiro atoms. The van der Waals surface area contributed by atoms with E-state index in [1.807, 2.05) is 22.6 Å². The van der Waals surface area contributed by atoms with Crippen molar-refractivity contribution < 1.29 is 9.72 Å². The van der Waals surface area contributed by atoms with E-state index in [0.29, 0.717) is 5.56 Å². The van der Waals surface area contributed by atoms with Crippen molar-refractivity contribution in [1.82, 2.24) is 0 Å². The monoisotopic (exact) mass is 291 g/mol. The standard InChI is InChI=1S/C8H6INO3/c1-5(11)7-4-6(10(12)13)2-3-8(7)9/h2-4H,1H3. The number of Topliss-reactive ketones (excluding diaryl/α,β-unsaturated/α-hetero) is 1. The third kappa shape index (κ3) is 2.24. The Balaban J connectivity index is 3.27. The van der Waals surface area contributed by atoms with Crippen molar-refractivity contribution >= 4 is 34.1 Å². The Morgan fingerprint density at radius 1 is 1.54 bits per heavy atom. The van der Waals surface area contributed by atoms with Crippen molar-refractivity contribution in [2.75, 3.05) is 0 Å². The summed E-state index contributed by atoms with van der Waals surface area (Å²) in [7, 11) is 0. The quantitative estimate of drug-likeness (QED) is 0.364. The number of carbonyl (C=O) groups is 1. The minimum atomic E-state index is -0.511. The minimum absolute atomic E-state index is 0.0504. The summed E-state index contributed by atoms with van der Waals surface area (Å²) in [6.45, 7) is 1.39. The van der Waals surface area contributed by atoms with Crippen molar-refractivity contribution in [1.29, 1.82) is 0 Å². The number of carbonyl (C=O) groups excluding carboxylic acids is 1. The van der Waals surface area contributed by atoms with Crippen LogP contribution >= 0.6 is 22.6 Å². The molecule has 13 heavy (non-hydrogen) atoms. The molecule has 0 bridgehead atoms. The van der Waals surface area contributed by atoms with Crippen molar-refractivity contribution in [3.05, 3.63) is 37.4 Å². The maximum absolute atomic E-state index is 11.0. The number of nitro benzene ring substituents is 1. The van der Waals surface area contributed by atoms with E-state index < -0.39 is 4.92 Å². The zero-order valence-corrected chi connectivity index (χ0v) is 8.94. The zero-order chi connectivity index (χ0) is 10.0. The van der Waals surface area contributed by atoms with Crippen molar-refractivity contribution in [2.24, 2.45) is 0 Å². The number of halogens is 1. The highest BCUT2D eigenvalue weighted by Crippen LogP contribution is 2.19. The fraction of sp³-hybridized carbons (Fsp3) is 0.125. The Morgan fingerprint density at radius 2 is 2.15 bits per heavy atom. The summed E-state index contributed by atoms with van der Waals surface area (Å²) in [5.74, 6) is -0.159. The summed E-state index contributed by atoms with van der Waals surface area (Å²) in [5, 5.41) is 10.4. The number of hydrogen-bond acceptors (Lipinski definition) is 3. The number of ketones is 1. The summed E-state index contributed by atoms with van der Waals surface area (Å²) in [5.41, 5.74) is 0.348. The second kappa shape index (κ2) is 3.82. The van der Waals surface area contributed by atoms with Gasteiger partial charge in [0.2, 0.25) is 0 Å². The van der Waals surface area contributed by atoms with Gasteiger partial charge in [-0.3, -0.25) is 14.9 Å². The fourth-order valence-corrected chi connectivity index (χ4v) is 1.61. The first kappa shape index (κ1) is 10.1. The Labute approximate surface area is 88.2 Å². The predicted molar refractivity (Wildman–Crippen MR) is 55.8 cm³/mol. The van der Waals surface area contributed by atoms with E-state index in [4.69, 9.17) is 0 Å². The lowest BCUT2D eigenvalue weighted by molar-refractivity contribution is -0.384. The number of nitrogens with zero attached hydrogens (tertiary/aromatic N) is 1. The first-order valence-corrected chi connectivity index (χ1v) is 4.55. The van der Waals surface area contributed by atoms with Crippen LogP contribution in [0.4, 0.5) is 5.69 Å². The molecule has 0 fully saturated rings. The Morgan fingerprint density at radius 3 is 2.62 bits per heavy atom. The van der Waals surface area contributed by atoms with E-state index in [-0.39, 0.29) is 11.5 Å². The van der Waals surface area contributed by atoms with Gasteiger partial charge in [-0.25, -0.2) is 0 Å². The lowest BCUT2D eigenvalue weighted by Crippen LogP contribution is -1.98. The number of non-ortho nitro benzene ring substituents is 1. The summed E-state index contributed by atoms with van der Waals surface area (Å²) in [6.07, 6.45) is 0. The van der Waals surface area contributed by atoms with E-state index in [1.54, 1.807) is 6.07 Å². The van der Waals surface area contributed by atoms with Gasteiger partial charge < -0.3 is 0 Å². The maximum atomic E-state index is 11.0. The second-order valence-corrected chi connectivity index (χ2v) is 3.64. The molecule has 0 aliphatic rings. The van der Waals surface area contributed by atoms with Crippen molar-refractivity contribution in [2.45, 2.75) is 6.92 Å². The number of nitro groups is 1. The third-order valence-electron chi connectivity index (χ3n) is 1.54. The minimum Gasteiger partial charge on any atom is -0.294 e. The summed E-state index contributed by atoms with van der Waals surface area (Å²) >= 11 is 1.97. The molecule has 0 saturated heterocycles. The van der Waals surface area contributed by atoms with Crippen LogP contribution < -0.4 is 0 Å². The number of rotatable bonds is 2. The summed E-state index contributed by atoms with van der Waals surface area (Å²) < 4.78 is 0.732. The van der Waals surface area contributed by atoms with Gasteiger partial charge in [-0.2, -0.15) is 0 Å². The second-order valence-electron chi connectivity index (χ2n) is 2.48. The highest BCUT2D eigenvalue weighted by molar-refractivity contribution is 14.1. The lowest BCUT2D eigenvalue weighted by Gasteiger charge is -1.98. The normalized spacial score (nSPS) is 9.69. The molecule has 0 amide bonds. The number of hydrogen-bond donors (Lipinski definition) is 0. The lowest BCUT2D eigenvalue weighted by atomic mass is 10.1. The molecule has 0 atom stereocenters. The molecule has 68 valence electrons. The molecule has 0 aliphatic carbocycles. The van der Waals surface area contributed by atoms with Gasteiger partial charge in [0, 0.05) is 21.3 Å². The van der Waals surface area contributed by atoms with E-state index in [1.165, 1.54) is 19.1 Å². The van der Waals surface area contributed by atoms with Crippen LogP contribution in [0, 0.1) is 13.7 Å². The molecule has 0 saturated carbocycles. The largest absolute Gasteiger partial charge is 0.294 e. The average molecular weight is 291 g/mol. The number of benzene rings is 1. The molecule has 0 aromatic heterocycles. The van der Waals surface area contributed by atoms with Gasteiger partial charge in [0.1, 0.15) is 0 Å². The maximum Gasteiger partial charge on any atom is 0.270 e. The third-order valence-corrected chi connectivity index (χ3v) is 2.48. The first-order valence-electron chi connectivity index (χ1n) is 3.47. The van der Waals surface area contributed by atoms with E-state index in [9.17, 15) is 14.9 Å². The molecule has 1 rings (SSSR count). The SMILES string of the molecule is CC(=O)c1cc([N+](=O)[O-])ccc1I. The molecule has 1 aromatic rings. The van der Waals surface area contributed by atoms with Crippen LogP contribution in [-0.4, -0.2) is 10.7 Å². The van der Waals surface area contributed by atoms with Gasteiger partial charge in [-0.1, -0.05) is 0 Å². The van der Waals surface area contributed by atoms with Gasteiger partial charge >= 0.3 is 0 Å². The van der Waals surface area contributed by atoms with Crippen LogP contribution in [0.25, 0.3) is 0 Å². The molecule has 0 radical (unpaired) electrons. The van der Waals surface area contributed by atoms with Crippen LogP contribution in [0.15, 0.2) is 18.2 Å². The molecule has 0 aliphatic heterocycles. The topological polar surface area (TPSA) is 60.2 Å².